The summed E-state index contributed by atoms with van der Waals surface area (Å²) in [5, 5.41) is 1.87. The van der Waals surface area contributed by atoms with E-state index in [-0.39, 0.29) is 23.2 Å². The zero-order chi connectivity index (χ0) is 16.6. The number of thiophene rings is 1. The first-order valence-corrected chi connectivity index (χ1v) is 9.69. The molecule has 0 bridgehead atoms. The molecule has 0 radical (unpaired) electrons. The van der Waals surface area contributed by atoms with Crippen molar-refractivity contribution in [2.24, 2.45) is 0 Å². The number of H-pyrrole nitrogens is 1. The van der Waals surface area contributed by atoms with Crippen molar-refractivity contribution >= 4 is 27.1 Å². The third-order valence-corrected chi connectivity index (χ3v) is 6.48. The van der Waals surface area contributed by atoms with E-state index in [2.05, 4.69) is 9.97 Å². The number of carbonyl (C=O) groups is 1. The Morgan fingerprint density at radius 1 is 1.48 bits per heavy atom. The summed E-state index contributed by atoms with van der Waals surface area (Å²) in [6.45, 7) is 0. The number of aromatic nitrogens is 2. The summed E-state index contributed by atoms with van der Waals surface area (Å²) in [7, 11) is -1.55. The minimum atomic E-state index is -3.09. The van der Waals surface area contributed by atoms with Gasteiger partial charge in [0, 0.05) is 13.1 Å². The Morgan fingerprint density at radius 3 is 2.87 bits per heavy atom. The Labute approximate surface area is 136 Å². The van der Waals surface area contributed by atoms with Crippen LogP contribution in [0, 0.1) is 0 Å². The fraction of sp³-hybridized carbons (Fsp3) is 0.357. The predicted octanol–water partition coefficient (Wildman–Crippen LogP) is 0.758. The zero-order valence-electron chi connectivity index (χ0n) is 12.4. The molecule has 2 aromatic rings. The van der Waals surface area contributed by atoms with Gasteiger partial charge in [0.15, 0.2) is 9.84 Å². The van der Waals surface area contributed by atoms with Crippen molar-refractivity contribution in [1.29, 1.82) is 0 Å². The number of aromatic amines is 1. The molecule has 0 saturated carbocycles. The number of rotatable bonds is 3. The quantitative estimate of drug-likeness (QED) is 0.878. The zero-order valence-corrected chi connectivity index (χ0v) is 14.0. The highest BCUT2D eigenvalue weighted by molar-refractivity contribution is 7.91. The molecule has 2 aromatic heterocycles. The van der Waals surface area contributed by atoms with Crippen LogP contribution >= 0.6 is 11.3 Å². The molecule has 1 atom stereocenters. The standard InChI is InChI=1S/C14H15N3O4S2/c1-17(9-4-6-23(20,21)8-9)13(18)11-7-10(15-14(19)16-11)12-3-2-5-22-12/h2-3,5,7,9H,4,6,8H2,1H3,(H,15,16,19). The minimum absolute atomic E-state index is 0.0175. The summed E-state index contributed by atoms with van der Waals surface area (Å²) in [5.74, 6) is -0.412. The van der Waals surface area contributed by atoms with Gasteiger partial charge >= 0.3 is 5.69 Å². The Bertz CT molecular complexity index is 887. The summed E-state index contributed by atoms with van der Waals surface area (Å²) in [5.41, 5.74) is -0.0635. The number of amides is 1. The molecule has 1 aliphatic rings. The van der Waals surface area contributed by atoms with Gasteiger partial charge in [-0.05, 0) is 23.9 Å². The van der Waals surface area contributed by atoms with Crippen molar-refractivity contribution in [1.82, 2.24) is 14.9 Å². The van der Waals surface area contributed by atoms with Gasteiger partial charge in [0.2, 0.25) is 0 Å². The molecule has 1 N–H and O–H groups in total. The SMILES string of the molecule is CN(C(=O)c1cc(-c2cccs2)[nH]c(=O)n1)C1CCS(=O)(=O)C1. The molecule has 1 unspecified atom stereocenters. The smallest absolute Gasteiger partial charge is 0.336 e. The second-order valence-corrected chi connectivity index (χ2v) is 8.61. The first-order valence-electron chi connectivity index (χ1n) is 6.98. The van der Waals surface area contributed by atoms with Crippen LogP contribution in [0.2, 0.25) is 0 Å². The predicted molar refractivity (Wildman–Crippen MR) is 87.3 cm³/mol. The van der Waals surface area contributed by atoms with Crippen molar-refractivity contribution in [3.63, 3.8) is 0 Å². The monoisotopic (exact) mass is 353 g/mol. The second kappa shape index (κ2) is 5.89. The van der Waals surface area contributed by atoms with Crippen LogP contribution in [0.3, 0.4) is 0 Å². The Hall–Kier alpha value is -2.00. The van der Waals surface area contributed by atoms with Crippen LogP contribution in [0.5, 0.6) is 0 Å². The lowest BCUT2D eigenvalue weighted by Crippen LogP contribution is -2.39. The lowest BCUT2D eigenvalue weighted by molar-refractivity contribution is 0.0741. The molecule has 122 valence electrons. The molecule has 0 aromatic carbocycles. The van der Waals surface area contributed by atoms with Crippen molar-refractivity contribution in [2.45, 2.75) is 12.5 Å². The highest BCUT2D eigenvalue weighted by Crippen LogP contribution is 2.23. The summed E-state index contributed by atoms with van der Waals surface area (Å²) >= 11 is 1.44. The summed E-state index contributed by atoms with van der Waals surface area (Å²) in [4.78, 5) is 32.8. The van der Waals surface area contributed by atoms with E-state index in [1.54, 1.807) is 7.05 Å². The topological polar surface area (TPSA) is 100 Å². The molecule has 3 rings (SSSR count). The number of hydrogen-bond donors (Lipinski definition) is 1. The van der Waals surface area contributed by atoms with Crippen molar-refractivity contribution in [2.75, 3.05) is 18.6 Å². The fourth-order valence-corrected chi connectivity index (χ4v) is 5.03. The molecule has 1 fully saturated rings. The van der Waals surface area contributed by atoms with E-state index >= 15 is 0 Å². The second-order valence-electron chi connectivity index (χ2n) is 5.44. The van der Waals surface area contributed by atoms with Crippen LogP contribution in [0.25, 0.3) is 10.6 Å². The number of sulfone groups is 1. The third kappa shape index (κ3) is 3.35. The van der Waals surface area contributed by atoms with Crippen LogP contribution in [0.15, 0.2) is 28.4 Å². The van der Waals surface area contributed by atoms with E-state index in [1.807, 2.05) is 17.5 Å². The summed E-state index contributed by atoms with van der Waals surface area (Å²) in [6, 6.07) is 4.82. The van der Waals surface area contributed by atoms with Gasteiger partial charge < -0.3 is 9.88 Å². The summed E-state index contributed by atoms with van der Waals surface area (Å²) < 4.78 is 23.1. The van der Waals surface area contributed by atoms with Crippen LogP contribution in [-0.2, 0) is 9.84 Å². The van der Waals surface area contributed by atoms with E-state index in [9.17, 15) is 18.0 Å². The molecule has 3 heterocycles. The van der Waals surface area contributed by atoms with Gasteiger partial charge in [-0.1, -0.05) is 6.07 Å². The normalized spacial score (nSPS) is 19.6. The van der Waals surface area contributed by atoms with Gasteiger partial charge in [0.1, 0.15) is 5.69 Å². The average molecular weight is 353 g/mol. The maximum absolute atomic E-state index is 12.5. The summed E-state index contributed by atoms with van der Waals surface area (Å²) in [6.07, 6.45) is 0.408. The van der Waals surface area contributed by atoms with Crippen LogP contribution in [0.4, 0.5) is 0 Å². The van der Waals surface area contributed by atoms with Gasteiger partial charge in [0.05, 0.1) is 22.1 Å². The van der Waals surface area contributed by atoms with Gasteiger partial charge in [-0.25, -0.2) is 13.2 Å². The highest BCUT2D eigenvalue weighted by Gasteiger charge is 2.33. The Kier molecular flexibility index (Phi) is 4.07. The molecular weight excluding hydrogens is 338 g/mol. The molecule has 0 spiro atoms. The van der Waals surface area contributed by atoms with Crippen LogP contribution in [-0.4, -0.2) is 53.8 Å². The number of carbonyl (C=O) groups excluding carboxylic acids is 1. The first kappa shape index (κ1) is 15.9. The molecule has 9 heteroatoms. The minimum Gasteiger partial charge on any atom is -0.336 e. The number of nitrogens with zero attached hydrogens (tertiary/aromatic N) is 2. The lowest BCUT2D eigenvalue weighted by Gasteiger charge is -2.22. The average Bonchev–Trinajstić information content (AvgIpc) is 3.14. The Morgan fingerprint density at radius 2 is 2.26 bits per heavy atom. The maximum Gasteiger partial charge on any atom is 0.346 e. The van der Waals surface area contributed by atoms with E-state index in [0.29, 0.717) is 12.1 Å². The number of hydrogen-bond acceptors (Lipinski definition) is 6. The number of nitrogens with one attached hydrogen (secondary N) is 1. The van der Waals surface area contributed by atoms with E-state index in [0.717, 1.165) is 4.88 Å². The lowest BCUT2D eigenvalue weighted by atomic mass is 10.2. The van der Waals surface area contributed by atoms with E-state index in [4.69, 9.17) is 0 Å². The molecular formula is C14H15N3O4S2. The van der Waals surface area contributed by atoms with Crippen molar-refractivity contribution in [3.8, 4) is 10.6 Å². The highest BCUT2D eigenvalue weighted by atomic mass is 32.2. The molecule has 1 saturated heterocycles. The van der Waals surface area contributed by atoms with Crippen molar-refractivity contribution in [3.05, 3.63) is 39.8 Å². The van der Waals surface area contributed by atoms with Crippen LogP contribution in [0.1, 0.15) is 16.9 Å². The maximum atomic E-state index is 12.5. The molecule has 7 nitrogen and oxygen atoms in total. The third-order valence-electron chi connectivity index (χ3n) is 3.83. The molecule has 1 aliphatic heterocycles. The largest absolute Gasteiger partial charge is 0.346 e. The van der Waals surface area contributed by atoms with Gasteiger partial charge in [0.25, 0.3) is 5.91 Å². The van der Waals surface area contributed by atoms with Gasteiger partial charge in [-0.3, -0.25) is 4.79 Å². The van der Waals surface area contributed by atoms with E-state index < -0.39 is 21.4 Å². The molecule has 23 heavy (non-hydrogen) atoms. The van der Waals surface area contributed by atoms with Gasteiger partial charge in [-0.15, -0.1) is 11.3 Å². The van der Waals surface area contributed by atoms with Gasteiger partial charge in [-0.2, -0.15) is 4.98 Å². The van der Waals surface area contributed by atoms with E-state index in [1.165, 1.54) is 22.3 Å². The Balaban J connectivity index is 1.89. The van der Waals surface area contributed by atoms with Crippen molar-refractivity contribution < 1.29 is 13.2 Å². The first-order chi connectivity index (χ1) is 10.9. The van der Waals surface area contributed by atoms with Crippen LogP contribution < -0.4 is 5.69 Å². The fourth-order valence-electron chi connectivity index (χ4n) is 2.56. The molecule has 1 amide bonds. The molecule has 0 aliphatic carbocycles.